The number of hydrogen-bond acceptors (Lipinski definition) is 7. The molecule has 0 spiro atoms. The number of carbonyl (C=O) groups is 3. The zero-order chi connectivity index (χ0) is 31.4. The number of nitrogens with zero attached hydrogens (tertiary/aromatic N) is 2. The highest BCUT2D eigenvalue weighted by molar-refractivity contribution is 5.90. The van der Waals surface area contributed by atoms with Gasteiger partial charge in [0.1, 0.15) is 22.8 Å². The van der Waals surface area contributed by atoms with E-state index in [1.165, 1.54) is 25.3 Å². The molecule has 4 rings (SSSR count). The summed E-state index contributed by atoms with van der Waals surface area (Å²) in [6, 6.07) is 5.87. The monoisotopic (exact) mass is 590 g/mol. The first-order chi connectivity index (χ1) is 19.5. The molecule has 0 fully saturated rings. The number of rotatable bonds is 2. The van der Waals surface area contributed by atoms with E-state index < -0.39 is 34.9 Å². The summed E-state index contributed by atoms with van der Waals surface area (Å²) >= 11 is 0. The van der Waals surface area contributed by atoms with Crippen LogP contribution >= 0.6 is 0 Å². The number of methoxy groups -OCH3 is 1. The maximum Gasteiger partial charge on any atom is 0.410 e. The Balaban J connectivity index is 0.000000231. The van der Waals surface area contributed by atoms with Crippen molar-refractivity contribution in [2.75, 3.05) is 20.2 Å². The zero-order valence-corrected chi connectivity index (χ0v) is 25.3. The Bertz CT molecular complexity index is 1330. The van der Waals surface area contributed by atoms with Crippen molar-refractivity contribution in [3.63, 3.8) is 0 Å². The van der Waals surface area contributed by atoms with E-state index >= 15 is 0 Å². The van der Waals surface area contributed by atoms with Crippen LogP contribution in [-0.4, -0.2) is 64.5 Å². The number of ether oxygens (including phenoxy) is 3. The standard InChI is InChI=1S/C16H20FNO4.C15H20FNO3/c1-16(2,3)22-15(20)18-6-5-10-8-13(17)12(14(19)21-4)7-11(10)9-18;1-15(2,3)20-14(19)17-5-4-10-7-13(16)12(9-18)6-11(10)8-17/h7-8H,5-6,9H2,1-4H3;6-7,18H,4-5,8-9H2,1-3H3. The molecule has 0 aliphatic carbocycles. The minimum absolute atomic E-state index is 0.118. The van der Waals surface area contributed by atoms with Crippen molar-refractivity contribution < 1.29 is 42.5 Å². The van der Waals surface area contributed by atoms with Crippen LogP contribution in [0.15, 0.2) is 24.3 Å². The van der Waals surface area contributed by atoms with Crippen LogP contribution in [0, 0.1) is 11.6 Å². The van der Waals surface area contributed by atoms with Crippen LogP contribution < -0.4 is 0 Å². The summed E-state index contributed by atoms with van der Waals surface area (Å²) in [5.74, 6) is -1.72. The Morgan fingerprint density at radius 2 is 1.21 bits per heavy atom. The molecule has 0 unspecified atom stereocenters. The Labute approximate surface area is 245 Å². The van der Waals surface area contributed by atoms with Gasteiger partial charge in [-0.05, 0) is 101 Å². The van der Waals surface area contributed by atoms with E-state index in [1.54, 1.807) is 36.6 Å². The summed E-state index contributed by atoms with van der Waals surface area (Å²) in [5, 5.41) is 9.10. The fourth-order valence-corrected chi connectivity index (χ4v) is 4.56. The summed E-state index contributed by atoms with van der Waals surface area (Å²) in [6.07, 6.45) is 0.338. The smallest absolute Gasteiger partial charge is 0.410 e. The molecule has 9 nitrogen and oxygen atoms in total. The van der Waals surface area contributed by atoms with Gasteiger partial charge in [-0.25, -0.2) is 23.2 Å². The van der Waals surface area contributed by atoms with Crippen LogP contribution in [0.1, 0.15) is 79.7 Å². The number of benzene rings is 2. The average Bonchev–Trinajstić information content (AvgIpc) is 2.89. The number of halogens is 2. The number of hydrogen-bond donors (Lipinski definition) is 1. The van der Waals surface area contributed by atoms with Crippen molar-refractivity contribution >= 4 is 18.2 Å². The molecule has 11 heteroatoms. The summed E-state index contributed by atoms with van der Waals surface area (Å²) in [7, 11) is 1.20. The Morgan fingerprint density at radius 1 is 0.762 bits per heavy atom. The fourth-order valence-electron chi connectivity index (χ4n) is 4.56. The molecule has 2 heterocycles. The number of aliphatic hydroxyl groups is 1. The molecular formula is C31H40F2N2O7. The molecule has 0 saturated carbocycles. The second kappa shape index (κ2) is 13.1. The van der Waals surface area contributed by atoms with Crippen LogP contribution in [0.4, 0.5) is 18.4 Å². The summed E-state index contributed by atoms with van der Waals surface area (Å²) < 4.78 is 42.7. The van der Waals surface area contributed by atoms with E-state index in [9.17, 15) is 23.2 Å². The van der Waals surface area contributed by atoms with Crippen molar-refractivity contribution in [3.05, 3.63) is 69.3 Å². The van der Waals surface area contributed by atoms with Gasteiger partial charge in [-0.15, -0.1) is 0 Å². The van der Waals surface area contributed by atoms with Gasteiger partial charge in [-0.2, -0.15) is 0 Å². The Morgan fingerprint density at radius 3 is 1.64 bits per heavy atom. The number of esters is 1. The van der Waals surface area contributed by atoms with Crippen molar-refractivity contribution in [2.45, 2.75) is 85.3 Å². The molecule has 2 aromatic carbocycles. The Hall–Kier alpha value is -3.73. The largest absolute Gasteiger partial charge is 0.465 e. The lowest BCUT2D eigenvalue weighted by Gasteiger charge is -2.31. The van der Waals surface area contributed by atoms with Crippen molar-refractivity contribution in [1.82, 2.24) is 9.80 Å². The molecule has 2 aliphatic heterocycles. The van der Waals surface area contributed by atoms with E-state index in [2.05, 4.69) is 4.74 Å². The lowest BCUT2D eigenvalue weighted by molar-refractivity contribution is 0.0213. The first-order valence-electron chi connectivity index (χ1n) is 13.8. The van der Waals surface area contributed by atoms with Gasteiger partial charge in [-0.1, -0.05) is 0 Å². The number of fused-ring (bicyclic) bond motifs is 2. The molecule has 0 saturated heterocycles. The molecule has 0 bridgehead atoms. The van der Waals surface area contributed by atoms with Crippen LogP contribution in [0.3, 0.4) is 0 Å². The second-order valence-electron chi connectivity index (χ2n) is 12.3. The molecule has 2 aliphatic rings. The van der Waals surface area contributed by atoms with Crippen LogP contribution in [0.2, 0.25) is 0 Å². The van der Waals surface area contributed by atoms with Gasteiger partial charge in [0.05, 0.1) is 19.3 Å². The quantitative estimate of drug-likeness (QED) is 0.363. The fraction of sp³-hybridized carbons (Fsp3) is 0.516. The summed E-state index contributed by atoms with van der Waals surface area (Å²) in [6.45, 7) is 12.2. The normalized spacial score (nSPS) is 14.6. The third-order valence-corrected chi connectivity index (χ3v) is 6.56. The third kappa shape index (κ3) is 8.64. The van der Waals surface area contributed by atoms with Gasteiger partial charge >= 0.3 is 18.2 Å². The van der Waals surface area contributed by atoms with Gasteiger partial charge in [0, 0.05) is 31.7 Å². The Kier molecular flexibility index (Phi) is 10.2. The number of aliphatic hydroxyl groups excluding tert-OH is 1. The van der Waals surface area contributed by atoms with Crippen molar-refractivity contribution in [1.29, 1.82) is 0 Å². The SMILES string of the molecule is CC(C)(C)OC(=O)N1CCc2cc(F)c(CO)cc2C1.COC(=O)c1cc2c(cc1F)CCN(C(=O)OC(C)(C)C)C2. The van der Waals surface area contributed by atoms with Gasteiger partial charge in [0.15, 0.2) is 0 Å². The van der Waals surface area contributed by atoms with Gasteiger partial charge in [0.25, 0.3) is 0 Å². The zero-order valence-electron chi connectivity index (χ0n) is 25.3. The summed E-state index contributed by atoms with van der Waals surface area (Å²) in [5.41, 5.74) is 2.33. The highest BCUT2D eigenvalue weighted by Gasteiger charge is 2.28. The first-order valence-corrected chi connectivity index (χ1v) is 13.8. The molecule has 230 valence electrons. The van der Waals surface area contributed by atoms with Gasteiger partial charge < -0.3 is 29.1 Å². The van der Waals surface area contributed by atoms with Crippen molar-refractivity contribution in [2.24, 2.45) is 0 Å². The van der Waals surface area contributed by atoms with E-state index in [0.717, 1.165) is 22.3 Å². The highest BCUT2D eigenvalue weighted by Crippen LogP contribution is 2.26. The first kappa shape index (κ1) is 32.8. The molecule has 2 amide bonds. The molecule has 0 aromatic heterocycles. The van der Waals surface area contributed by atoms with E-state index in [-0.39, 0.29) is 30.4 Å². The average molecular weight is 591 g/mol. The van der Waals surface area contributed by atoms with Crippen LogP contribution in [0.5, 0.6) is 0 Å². The number of amides is 2. The maximum absolute atomic E-state index is 13.9. The van der Waals surface area contributed by atoms with Crippen LogP contribution in [-0.2, 0) is 46.7 Å². The molecule has 0 atom stereocenters. The molecule has 1 N–H and O–H groups in total. The lowest BCUT2D eigenvalue weighted by atomic mass is 9.97. The van der Waals surface area contributed by atoms with Gasteiger partial charge in [0.2, 0.25) is 0 Å². The topological polar surface area (TPSA) is 106 Å². The third-order valence-electron chi connectivity index (χ3n) is 6.56. The molecule has 2 aromatic rings. The number of carbonyl (C=O) groups excluding carboxylic acids is 3. The molecule has 42 heavy (non-hydrogen) atoms. The van der Waals surface area contributed by atoms with Crippen LogP contribution in [0.25, 0.3) is 0 Å². The minimum atomic E-state index is -0.727. The highest BCUT2D eigenvalue weighted by atomic mass is 19.1. The minimum Gasteiger partial charge on any atom is -0.465 e. The lowest BCUT2D eigenvalue weighted by Crippen LogP contribution is -2.40. The molecular weight excluding hydrogens is 550 g/mol. The van der Waals surface area contributed by atoms with E-state index in [1.807, 2.05) is 20.8 Å². The van der Waals surface area contributed by atoms with E-state index in [4.69, 9.17) is 14.6 Å². The van der Waals surface area contributed by atoms with Gasteiger partial charge in [-0.3, -0.25) is 0 Å². The predicted octanol–water partition coefficient (Wildman–Crippen LogP) is 5.52. The van der Waals surface area contributed by atoms with Crippen molar-refractivity contribution in [3.8, 4) is 0 Å². The maximum atomic E-state index is 13.9. The second-order valence-corrected chi connectivity index (χ2v) is 12.3. The molecule has 0 radical (unpaired) electrons. The summed E-state index contributed by atoms with van der Waals surface area (Å²) in [4.78, 5) is 38.8. The van der Waals surface area contributed by atoms with E-state index in [0.29, 0.717) is 32.5 Å². The predicted molar refractivity (Wildman–Crippen MR) is 151 cm³/mol.